The zero-order valence-electron chi connectivity index (χ0n) is 63.9. The fourth-order valence-electron chi connectivity index (χ4n) is 10.0. The van der Waals surface area contributed by atoms with Crippen molar-refractivity contribution in [1.29, 1.82) is 0 Å². The van der Waals surface area contributed by atoms with Crippen LogP contribution in [-0.4, -0.2) is 259 Å². The maximum absolute atomic E-state index is 13.6. The molecular weight excluding hydrogens is 1200 g/mol. The smallest absolute Gasteiger partial charge is 0.270 e. The van der Waals surface area contributed by atoms with Crippen LogP contribution in [0.5, 0.6) is 0 Å². The maximum atomic E-state index is 13.6. The molecule has 5 aliphatic carbocycles. The molecule has 566 valence electrons. The highest BCUT2D eigenvalue weighted by atomic mass is 19.3. The average molecular weight is 1350 g/mol. The molecule has 26 heteroatoms. The Morgan fingerprint density at radius 3 is 0.604 bits per heavy atom. The molecule has 22 nitrogen and oxygen atoms in total. The first-order valence-electron chi connectivity index (χ1n) is 33.5. The van der Waals surface area contributed by atoms with Gasteiger partial charge in [-0.3, -0.25) is 0 Å². The van der Waals surface area contributed by atoms with E-state index in [2.05, 4.69) is 0 Å². The van der Waals surface area contributed by atoms with Crippen LogP contribution >= 0.6 is 0 Å². The summed E-state index contributed by atoms with van der Waals surface area (Å²) in [7, 11) is 14.4. The molecule has 5 fully saturated rings. The van der Waals surface area contributed by atoms with E-state index in [1.165, 1.54) is 78.0 Å². The Morgan fingerprint density at radius 2 is 0.418 bits per heavy atom. The van der Waals surface area contributed by atoms with Crippen molar-refractivity contribution in [1.82, 2.24) is 0 Å². The van der Waals surface area contributed by atoms with Gasteiger partial charge in [-0.25, -0.2) is 17.6 Å². The molecule has 29 atom stereocenters. The van der Waals surface area contributed by atoms with Crippen molar-refractivity contribution in [3.05, 3.63) is 0 Å². The van der Waals surface area contributed by atoms with Gasteiger partial charge in [-0.05, 0) is 0 Å². The quantitative estimate of drug-likeness (QED) is 0.0973. The maximum Gasteiger partial charge on any atom is 0.270 e. The van der Waals surface area contributed by atoms with Crippen molar-refractivity contribution in [3.8, 4) is 0 Å². The van der Waals surface area contributed by atoms with Gasteiger partial charge in [-0.2, -0.15) is 0 Å². The molecule has 0 aliphatic heterocycles. The molecule has 0 amide bonds. The van der Waals surface area contributed by atoms with Crippen LogP contribution in [0.3, 0.4) is 0 Å². The number of aliphatic hydroxyl groups excluding tert-OH is 7. The van der Waals surface area contributed by atoms with E-state index in [0.29, 0.717) is 0 Å². The molecule has 5 saturated carbocycles. The lowest BCUT2D eigenvalue weighted by molar-refractivity contribution is -0.229. The highest BCUT2D eigenvalue weighted by Crippen LogP contribution is 2.40. The standard InChI is InChI=1S/C9H17F2NO3.2C9H18FNO3.2C9H19NO4.10C2H6/c1-4-5(13)6(14-2)7(15-3)8(12)9(4,10)11;2*1-4-5(10)6(11)8(13-2)9(14-3)7(4)12;2*1-4-6(11)5(10)8(13-2)9(14-3)7(4)12;10*1-2/h4-8,13H,12H2,1-3H3;2*4-9,12H,11H2,1-3H3;2*4-9,11-12H,10H2,1-3H3;10*1-2H3/t4-,5-,6+,7-,8+;4-,5+,6+,7+,8-,9-;4-,5-,6+,7+,8-,9-;4-,5+,6+,7+,8-,9-;4-,5+,6-,7+,8-,9-;;;;;;;;;;/m01111........../s1. The third kappa shape index (κ3) is 32.8. The number of hydrogen-bond acceptors (Lipinski definition) is 22. The Morgan fingerprint density at radius 1 is 0.253 bits per heavy atom. The number of nitrogens with two attached hydrogens (primary N) is 5. The van der Waals surface area contributed by atoms with E-state index in [0.717, 1.165) is 0 Å². The SMILES string of the molecule is CC.CC.CC.CC.CC.CC.CC.CC.CC.CC.CO[C@@H]1[C@@H](N)[C@@H](F)[C@@H](C)[C@H](O)[C@H]1OC.CO[C@@H]1[C@@H](N)[C@@H](O)[C@@H](C)[C@H](O)[C@H]1OC.CO[C@@H]1[C@@H](N)[C@H](F)[C@@H](C)[C@H](O)[C@H]1OC.CO[C@@H]1[C@@H](N)[C@H](O)[C@@H](C)[C@H](O)[C@H]1OC.CO[C@@H]1[C@@H](O)[C@H](C)C(F)(F)[C@H](N)[C@H]1OC. The van der Waals surface area contributed by atoms with Crippen LogP contribution in [-0.2, 0) is 47.4 Å². The summed E-state index contributed by atoms with van der Waals surface area (Å²) in [4.78, 5) is 0. The Bertz CT molecular complexity index is 1240. The van der Waals surface area contributed by atoms with Gasteiger partial charge in [-0.15, -0.1) is 0 Å². The second-order valence-corrected chi connectivity index (χ2v) is 19.1. The number of rotatable bonds is 10. The predicted molar refractivity (Wildman–Crippen MR) is 364 cm³/mol. The van der Waals surface area contributed by atoms with E-state index >= 15 is 0 Å². The van der Waals surface area contributed by atoms with Gasteiger partial charge in [0.15, 0.2) is 0 Å². The van der Waals surface area contributed by atoms with Crippen molar-refractivity contribution in [3.63, 3.8) is 0 Å². The van der Waals surface area contributed by atoms with Crippen LogP contribution in [0.15, 0.2) is 0 Å². The molecular formula is C65H151F4N5O17. The van der Waals surface area contributed by atoms with Crippen LogP contribution in [0.25, 0.3) is 0 Å². The van der Waals surface area contributed by atoms with Gasteiger partial charge < -0.3 is 112 Å². The number of ether oxygens (including phenoxy) is 10. The fraction of sp³-hybridized carbons (Fsp3) is 1.00. The van der Waals surface area contributed by atoms with E-state index in [1.54, 1.807) is 27.7 Å². The molecule has 91 heavy (non-hydrogen) atoms. The summed E-state index contributed by atoms with van der Waals surface area (Å²) in [6.07, 6.45) is -14.6. The zero-order valence-corrected chi connectivity index (χ0v) is 63.9. The zero-order chi connectivity index (χ0) is 75.3. The third-order valence-electron chi connectivity index (χ3n) is 15.2. The van der Waals surface area contributed by atoms with Crippen LogP contribution in [0, 0.1) is 29.6 Å². The first-order chi connectivity index (χ1) is 43.0. The molecule has 0 spiro atoms. The summed E-state index contributed by atoms with van der Waals surface area (Å²) < 4.78 is 105. The summed E-state index contributed by atoms with van der Waals surface area (Å²) in [6, 6.07) is -4.01. The lowest BCUT2D eigenvalue weighted by atomic mass is 9.77. The van der Waals surface area contributed by atoms with Gasteiger partial charge in [0.25, 0.3) is 5.92 Å². The molecule has 0 aromatic carbocycles. The van der Waals surface area contributed by atoms with Gasteiger partial charge in [0, 0.05) is 94.8 Å². The van der Waals surface area contributed by atoms with E-state index < -0.39 is 170 Å². The Hall–Kier alpha value is -1.16. The topological polar surface area (TPSA) is 364 Å². The van der Waals surface area contributed by atoms with Crippen LogP contribution < -0.4 is 28.7 Å². The summed E-state index contributed by atoms with van der Waals surface area (Å²) in [5, 5.41) is 68.1. The van der Waals surface area contributed by atoms with E-state index in [4.69, 9.17) is 76.0 Å². The summed E-state index contributed by atoms with van der Waals surface area (Å²) >= 11 is 0. The molecule has 0 saturated heterocycles. The largest absolute Gasteiger partial charge is 0.391 e. The van der Waals surface area contributed by atoms with Gasteiger partial charge in [-0.1, -0.05) is 173 Å². The molecule has 0 aromatic rings. The molecule has 0 heterocycles. The monoisotopic (exact) mass is 1350 g/mol. The minimum Gasteiger partial charge on any atom is -0.391 e. The fourth-order valence-corrected chi connectivity index (χ4v) is 10.0. The first-order valence-corrected chi connectivity index (χ1v) is 33.5. The highest BCUT2D eigenvalue weighted by molar-refractivity contribution is 5.06. The van der Waals surface area contributed by atoms with E-state index in [-0.39, 0.29) is 11.8 Å². The second-order valence-electron chi connectivity index (χ2n) is 19.1. The van der Waals surface area contributed by atoms with Gasteiger partial charge in [0.05, 0.1) is 78.9 Å². The summed E-state index contributed by atoms with van der Waals surface area (Å²) in [6.45, 7) is 48.0. The Balaban J connectivity index is -0.000000105. The second kappa shape index (κ2) is 66.1. The van der Waals surface area contributed by atoms with E-state index in [9.17, 15) is 53.3 Å². The number of aliphatic hydroxyl groups is 7. The van der Waals surface area contributed by atoms with Gasteiger partial charge >= 0.3 is 0 Å². The molecule has 5 aliphatic rings. The molecule has 0 bridgehead atoms. The number of methoxy groups -OCH3 is 10. The van der Waals surface area contributed by atoms with E-state index in [1.807, 2.05) is 138 Å². The lowest BCUT2D eigenvalue weighted by Crippen LogP contribution is -2.67. The molecule has 0 unspecified atom stereocenters. The molecule has 5 rings (SSSR count). The molecule has 0 aromatic heterocycles. The normalized spacial score (nSPS) is 38.5. The van der Waals surface area contributed by atoms with Crippen molar-refractivity contribution in [2.24, 2.45) is 58.3 Å². The van der Waals surface area contributed by atoms with Crippen LogP contribution in [0.2, 0.25) is 0 Å². The average Bonchev–Trinajstić information content (AvgIpc) is 2.31. The summed E-state index contributed by atoms with van der Waals surface area (Å²) in [5.41, 5.74) is 28.3. The summed E-state index contributed by atoms with van der Waals surface area (Å²) in [5.74, 6) is -6.07. The minimum atomic E-state index is -3.16. The van der Waals surface area contributed by atoms with Crippen LogP contribution in [0.1, 0.15) is 173 Å². The van der Waals surface area contributed by atoms with Crippen molar-refractivity contribution in [2.75, 3.05) is 71.1 Å². The van der Waals surface area contributed by atoms with Gasteiger partial charge in [0.2, 0.25) is 0 Å². The highest BCUT2D eigenvalue weighted by Gasteiger charge is 2.59. The molecule has 17 N–H and O–H groups in total. The predicted octanol–water partition coefficient (Wildman–Crippen LogP) is 7.07. The number of alkyl halides is 4. The lowest BCUT2D eigenvalue weighted by Gasteiger charge is -2.45. The van der Waals surface area contributed by atoms with Gasteiger partial charge in [0.1, 0.15) is 73.4 Å². The van der Waals surface area contributed by atoms with Crippen molar-refractivity contribution in [2.45, 2.75) is 325 Å². The number of hydrogen-bond donors (Lipinski definition) is 12. The molecule has 0 radical (unpaired) electrons. The first kappa shape index (κ1) is 111. The Kier molecular flexibility index (Phi) is 80.8. The minimum absolute atomic E-state index is 0.304. The Labute approximate surface area is 553 Å². The number of halogens is 4. The van der Waals surface area contributed by atoms with Crippen LogP contribution in [0.4, 0.5) is 17.6 Å². The van der Waals surface area contributed by atoms with Crippen molar-refractivity contribution < 1.29 is 101 Å². The van der Waals surface area contributed by atoms with Crippen molar-refractivity contribution >= 4 is 0 Å². The third-order valence-corrected chi connectivity index (χ3v) is 15.2.